The highest BCUT2D eigenvalue weighted by atomic mass is 19.1. The molecule has 5 heteroatoms. The average molecular weight is 261 g/mol. The third-order valence-electron chi connectivity index (χ3n) is 3.29. The molecule has 3 nitrogen and oxygen atoms in total. The summed E-state index contributed by atoms with van der Waals surface area (Å²) in [5.74, 6) is -0.499. The smallest absolute Gasteiger partial charge is 0.149 e. The zero-order valence-corrected chi connectivity index (χ0v) is 10.5. The number of rotatable bonds is 2. The minimum atomic E-state index is -0.507. The molecule has 1 saturated carbocycles. The van der Waals surface area contributed by atoms with E-state index in [1.54, 1.807) is 13.0 Å². The van der Waals surface area contributed by atoms with Crippen LogP contribution in [0, 0.1) is 18.6 Å². The Kier molecular flexibility index (Phi) is 2.60. The fraction of sp³-hybridized carbons (Fsp3) is 0.286. The van der Waals surface area contributed by atoms with Crippen molar-refractivity contribution in [1.82, 2.24) is 9.97 Å². The maximum atomic E-state index is 13.8. The molecular formula is C14H13F2N3. The molecule has 0 unspecified atom stereocenters. The van der Waals surface area contributed by atoms with Gasteiger partial charge in [-0.2, -0.15) is 0 Å². The topological polar surface area (TPSA) is 51.8 Å². The second-order valence-electron chi connectivity index (χ2n) is 5.00. The van der Waals surface area contributed by atoms with Gasteiger partial charge in [0.25, 0.3) is 0 Å². The molecule has 1 heterocycles. The molecule has 1 aromatic carbocycles. The van der Waals surface area contributed by atoms with Crippen LogP contribution in [0.4, 0.5) is 8.78 Å². The van der Waals surface area contributed by atoms with E-state index in [1.807, 2.05) is 0 Å². The summed E-state index contributed by atoms with van der Waals surface area (Å²) in [5.41, 5.74) is 6.76. The summed E-state index contributed by atoms with van der Waals surface area (Å²) in [7, 11) is 0. The van der Waals surface area contributed by atoms with E-state index in [0.29, 0.717) is 17.2 Å². The van der Waals surface area contributed by atoms with Gasteiger partial charge in [-0.3, -0.25) is 0 Å². The van der Waals surface area contributed by atoms with E-state index < -0.39 is 17.2 Å². The van der Waals surface area contributed by atoms with E-state index in [0.717, 1.165) is 31.0 Å². The average Bonchev–Trinajstić information content (AvgIpc) is 3.11. The number of nitrogens with two attached hydrogens (primary N) is 1. The molecule has 3 rings (SSSR count). The lowest BCUT2D eigenvalue weighted by Crippen LogP contribution is -2.22. The fourth-order valence-corrected chi connectivity index (χ4v) is 1.98. The Labute approximate surface area is 109 Å². The Bertz CT molecular complexity index is 651. The van der Waals surface area contributed by atoms with E-state index in [4.69, 9.17) is 5.73 Å². The summed E-state index contributed by atoms with van der Waals surface area (Å²) in [6.07, 6.45) is 1.64. The van der Waals surface area contributed by atoms with Crippen LogP contribution in [0.1, 0.15) is 24.4 Å². The van der Waals surface area contributed by atoms with Crippen LogP contribution < -0.4 is 5.73 Å². The highest BCUT2D eigenvalue weighted by Crippen LogP contribution is 2.41. The zero-order chi connectivity index (χ0) is 13.6. The van der Waals surface area contributed by atoms with Crippen molar-refractivity contribution < 1.29 is 8.78 Å². The quantitative estimate of drug-likeness (QED) is 0.904. The van der Waals surface area contributed by atoms with Crippen molar-refractivity contribution in [2.24, 2.45) is 5.73 Å². The molecule has 0 atom stereocenters. The maximum absolute atomic E-state index is 13.8. The first-order valence-electron chi connectivity index (χ1n) is 6.08. The molecule has 0 aliphatic heterocycles. The normalized spacial score (nSPS) is 16.4. The minimum absolute atomic E-state index is 0.135. The van der Waals surface area contributed by atoms with Crippen molar-refractivity contribution in [2.45, 2.75) is 25.3 Å². The first kappa shape index (κ1) is 12.2. The van der Waals surface area contributed by atoms with E-state index >= 15 is 0 Å². The van der Waals surface area contributed by atoms with Gasteiger partial charge in [0, 0.05) is 11.3 Å². The van der Waals surface area contributed by atoms with Gasteiger partial charge in [-0.15, -0.1) is 0 Å². The summed E-state index contributed by atoms with van der Waals surface area (Å²) in [6.45, 7) is 1.79. The molecule has 98 valence electrons. The molecule has 19 heavy (non-hydrogen) atoms. The Hall–Kier alpha value is -1.88. The Balaban J connectivity index is 2.14. The largest absolute Gasteiger partial charge is 0.319 e. The van der Waals surface area contributed by atoms with Crippen LogP contribution in [-0.4, -0.2) is 9.97 Å². The lowest BCUT2D eigenvalue weighted by atomic mass is 10.1. The van der Waals surface area contributed by atoms with E-state index in [-0.39, 0.29) is 5.56 Å². The highest BCUT2D eigenvalue weighted by Gasteiger charge is 2.43. The number of aromatic nitrogens is 2. The molecule has 1 aromatic heterocycles. The molecule has 1 aliphatic rings. The molecule has 0 saturated heterocycles. The van der Waals surface area contributed by atoms with E-state index in [2.05, 4.69) is 9.97 Å². The summed E-state index contributed by atoms with van der Waals surface area (Å²) < 4.78 is 27.0. The lowest BCUT2D eigenvalue weighted by molar-refractivity contribution is 0.601. The number of halogens is 2. The van der Waals surface area contributed by atoms with Crippen molar-refractivity contribution in [1.29, 1.82) is 0 Å². The standard InChI is InChI=1S/C14H13F2N3/c1-8-6-12(10-7-9(15)2-3-11(10)16)19-13(18-8)14(17)4-5-14/h2-3,6-7H,4-5,17H2,1H3. The SMILES string of the molecule is Cc1cc(-c2cc(F)ccc2F)nc(C2(N)CC2)n1. The van der Waals surface area contributed by atoms with Gasteiger partial charge in [-0.25, -0.2) is 18.7 Å². The summed E-state index contributed by atoms with van der Waals surface area (Å²) in [5, 5.41) is 0. The highest BCUT2D eigenvalue weighted by molar-refractivity contribution is 5.60. The molecule has 2 N–H and O–H groups in total. The lowest BCUT2D eigenvalue weighted by Gasteiger charge is -2.11. The van der Waals surface area contributed by atoms with Crippen LogP contribution in [0.5, 0.6) is 0 Å². The Morgan fingerprint density at radius 2 is 1.89 bits per heavy atom. The third kappa shape index (κ3) is 2.21. The van der Waals surface area contributed by atoms with Crippen LogP contribution in [0.3, 0.4) is 0 Å². The molecule has 0 amide bonds. The summed E-state index contributed by atoms with van der Waals surface area (Å²) in [4.78, 5) is 8.59. The van der Waals surface area contributed by atoms with Gasteiger partial charge in [0.2, 0.25) is 0 Å². The van der Waals surface area contributed by atoms with E-state index in [1.165, 1.54) is 0 Å². The molecule has 1 aliphatic carbocycles. The number of benzene rings is 1. The van der Waals surface area contributed by atoms with Crippen molar-refractivity contribution in [3.05, 3.63) is 47.4 Å². The van der Waals surface area contributed by atoms with Gasteiger partial charge in [-0.1, -0.05) is 0 Å². The summed E-state index contributed by atoms with van der Waals surface area (Å²) >= 11 is 0. The third-order valence-corrected chi connectivity index (χ3v) is 3.29. The van der Waals surface area contributed by atoms with Crippen molar-refractivity contribution >= 4 is 0 Å². The van der Waals surface area contributed by atoms with Gasteiger partial charge in [0.15, 0.2) is 0 Å². The van der Waals surface area contributed by atoms with Crippen molar-refractivity contribution in [3.63, 3.8) is 0 Å². The van der Waals surface area contributed by atoms with Gasteiger partial charge in [-0.05, 0) is 44.0 Å². The monoisotopic (exact) mass is 261 g/mol. The van der Waals surface area contributed by atoms with Crippen LogP contribution in [-0.2, 0) is 5.54 Å². The predicted molar refractivity (Wildman–Crippen MR) is 67.2 cm³/mol. The van der Waals surface area contributed by atoms with Crippen LogP contribution in [0.15, 0.2) is 24.3 Å². The number of nitrogens with zero attached hydrogens (tertiary/aromatic N) is 2. The summed E-state index contributed by atoms with van der Waals surface area (Å²) in [6, 6.07) is 4.94. The molecular weight excluding hydrogens is 248 g/mol. The maximum Gasteiger partial charge on any atom is 0.149 e. The zero-order valence-electron chi connectivity index (χ0n) is 10.5. The first-order chi connectivity index (χ1) is 8.98. The Morgan fingerprint density at radius 3 is 2.58 bits per heavy atom. The number of hydrogen-bond acceptors (Lipinski definition) is 3. The molecule has 0 spiro atoms. The Morgan fingerprint density at radius 1 is 1.16 bits per heavy atom. The first-order valence-corrected chi connectivity index (χ1v) is 6.08. The molecule has 0 radical (unpaired) electrons. The molecule has 1 fully saturated rings. The number of hydrogen-bond donors (Lipinski definition) is 1. The second-order valence-corrected chi connectivity index (χ2v) is 5.00. The van der Waals surface area contributed by atoms with Crippen LogP contribution in [0.25, 0.3) is 11.3 Å². The van der Waals surface area contributed by atoms with Gasteiger partial charge in [0.1, 0.15) is 17.5 Å². The predicted octanol–water partition coefficient (Wildman–Crippen LogP) is 2.68. The van der Waals surface area contributed by atoms with Crippen molar-refractivity contribution in [3.8, 4) is 11.3 Å². The number of aryl methyl sites for hydroxylation is 1. The van der Waals surface area contributed by atoms with Crippen LogP contribution in [0.2, 0.25) is 0 Å². The van der Waals surface area contributed by atoms with Gasteiger partial charge < -0.3 is 5.73 Å². The van der Waals surface area contributed by atoms with Crippen molar-refractivity contribution in [2.75, 3.05) is 0 Å². The molecule has 0 bridgehead atoms. The second kappa shape index (κ2) is 4.06. The molecule has 2 aromatic rings. The van der Waals surface area contributed by atoms with E-state index in [9.17, 15) is 8.78 Å². The van der Waals surface area contributed by atoms with Gasteiger partial charge in [0.05, 0.1) is 11.2 Å². The minimum Gasteiger partial charge on any atom is -0.319 e. The fourth-order valence-electron chi connectivity index (χ4n) is 1.98. The van der Waals surface area contributed by atoms with Crippen LogP contribution >= 0.6 is 0 Å². The van der Waals surface area contributed by atoms with Gasteiger partial charge >= 0.3 is 0 Å².